The summed E-state index contributed by atoms with van der Waals surface area (Å²) in [5.41, 5.74) is 1.15. The number of hydrogen-bond acceptors (Lipinski definition) is 3. The monoisotopic (exact) mass is 276 g/mol. The van der Waals surface area contributed by atoms with Gasteiger partial charge in [0, 0.05) is 24.1 Å². The van der Waals surface area contributed by atoms with Gasteiger partial charge in [0.2, 0.25) is 5.91 Å². The lowest BCUT2D eigenvalue weighted by molar-refractivity contribution is -0.121. The number of ether oxygens (including phenoxy) is 1. The molecule has 0 heterocycles. The third-order valence-corrected chi connectivity index (χ3v) is 3.58. The fourth-order valence-electron chi connectivity index (χ4n) is 2.23. The van der Waals surface area contributed by atoms with Crippen molar-refractivity contribution in [3.8, 4) is 5.75 Å². The van der Waals surface area contributed by atoms with Crippen molar-refractivity contribution in [1.82, 2.24) is 10.6 Å². The van der Waals surface area contributed by atoms with Crippen LogP contribution in [0.3, 0.4) is 0 Å². The van der Waals surface area contributed by atoms with E-state index in [1.165, 1.54) is 0 Å². The lowest BCUT2D eigenvalue weighted by Gasteiger charge is -2.17. The normalized spacial score (nSPS) is 15.7. The Morgan fingerprint density at radius 1 is 1.40 bits per heavy atom. The summed E-state index contributed by atoms with van der Waals surface area (Å²) in [7, 11) is 1.69. The smallest absolute Gasteiger partial charge is 0.220 e. The quantitative estimate of drug-likeness (QED) is 0.717. The molecular weight excluding hydrogens is 252 g/mol. The molecule has 0 aliphatic heterocycles. The van der Waals surface area contributed by atoms with Crippen LogP contribution in [0, 0.1) is 0 Å². The van der Waals surface area contributed by atoms with Crippen LogP contribution >= 0.6 is 0 Å². The molecule has 0 radical (unpaired) electrons. The number of hydrogen-bond donors (Lipinski definition) is 2. The highest BCUT2D eigenvalue weighted by atomic mass is 16.5. The Hall–Kier alpha value is -1.55. The zero-order valence-corrected chi connectivity index (χ0v) is 12.3. The highest BCUT2D eigenvalue weighted by Gasteiger charge is 2.22. The molecule has 1 aliphatic rings. The maximum atomic E-state index is 11.5. The van der Waals surface area contributed by atoms with Gasteiger partial charge in [-0.15, -0.1) is 0 Å². The molecule has 1 aliphatic carbocycles. The summed E-state index contributed by atoms with van der Waals surface area (Å²) in [6.45, 7) is 2.94. The summed E-state index contributed by atoms with van der Waals surface area (Å²) in [6.07, 6.45) is 3.75. The van der Waals surface area contributed by atoms with Crippen LogP contribution in [0.5, 0.6) is 5.75 Å². The molecule has 1 saturated carbocycles. The number of amides is 1. The van der Waals surface area contributed by atoms with Crippen LogP contribution in [0.4, 0.5) is 0 Å². The molecule has 20 heavy (non-hydrogen) atoms. The van der Waals surface area contributed by atoms with E-state index < -0.39 is 0 Å². The van der Waals surface area contributed by atoms with E-state index in [0.29, 0.717) is 12.5 Å². The Kier molecular flexibility index (Phi) is 5.41. The van der Waals surface area contributed by atoms with Crippen molar-refractivity contribution in [2.75, 3.05) is 13.7 Å². The van der Waals surface area contributed by atoms with Crippen LogP contribution in [0.2, 0.25) is 0 Å². The lowest BCUT2D eigenvalue weighted by atomic mass is 10.1. The molecular formula is C16H24N2O2. The number of nitrogens with one attached hydrogen (secondary N) is 2. The molecule has 4 heteroatoms. The summed E-state index contributed by atoms with van der Waals surface area (Å²) < 4.78 is 5.36. The van der Waals surface area contributed by atoms with Crippen LogP contribution in [0.25, 0.3) is 0 Å². The molecule has 0 saturated heterocycles. The van der Waals surface area contributed by atoms with Crippen LogP contribution in [-0.4, -0.2) is 25.6 Å². The second-order valence-electron chi connectivity index (χ2n) is 5.36. The van der Waals surface area contributed by atoms with Gasteiger partial charge in [-0.25, -0.2) is 0 Å². The molecule has 1 amide bonds. The number of methoxy groups -OCH3 is 1. The first-order valence-electron chi connectivity index (χ1n) is 7.36. The van der Waals surface area contributed by atoms with Crippen molar-refractivity contribution in [2.24, 2.45) is 0 Å². The topological polar surface area (TPSA) is 50.4 Å². The first kappa shape index (κ1) is 14.9. The van der Waals surface area contributed by atoms with Crippen molar-refractivity contribution >= 4 is 5.91 Å². The minimum absolute atomic E-state index is 0.180. The number of rotatable bonds is 8. The Morgan fingerprint density at radius 3 is 2.85 bits per heavy atom. The number of carbonyl (C=O) groups excluding carboxylic acids is 1. The van der Waals surface area contributed by atoms with Gasteiger partial charge in [0.1, 0.15) is 5.75 Å². The molecule has 2 N–H and O–H groups in total. The standard InChI is InChI=1S/C16H24N2O2/c1-12(14-6-3-4-7-15(14)20-2)17-11-5-8-16(19)18-13-9-10-13/h3-4,6-7,12-13,17H,5,8-11H2,1-2H3,(H,18,19). The largest absolute Gasteiger partial charge is 0.496 e. The fourth-order valence-corrected chi connectivity index (χ4v) is 2.23. The maximum Gasteiger partial charge on any atom is 0.220 e. The Labute approximate surface area is 120 Å². The van der Waals surface area contributed by atoms with Gasteiger partial charge in [0.25, 0.3) is 0 Å². The average Bonchev–Trinajstić information content (AvgIpc) is 3.27. The minimum Gasteiger partial charge on any atom is -0.496 e. The first-order valence-corrected chi connectivity index (χ1v) is 7.36. The van der Waals surface area contributed by atoms with Crippen molar-refractivity contribution in [2.45, 2.75) is 44.7 Å². The van der Waals surface area contributed by atoms with E-state index in [2.05, 4.69) is 23.6 Å². The third-order valence-electron chi connectivity index (χ3n) is 3.58. The molecule has 0 bridgehead atoms. The van der Waals surface area contributed by atoms with Crippen LogP contribution in [0.1, 0.15) is 44.2 Å². The molecule has 2 rings (SSSR count). The summed E-state index contributed by atoms with van der Waals surface area (Å²) in [5, 5.41) is 6.44. The van der Waals surface area contributed by atoms with Gasteiger partial charge in [-0.1, -0.05) is 18.2 Å². The number of carbonyl (C=O) groups is 1. The van der Waals surface area contributed by atoms with Crippen LogP contribution in [0.15, 0.2) is 24.3 Å². The molecule has 1 aromatic rings. The molecule has 4 nitrogen and oxygen atoms in total. The van der Waals surface area contributed by atoms with Crippen molar-refractivity contribution in [3.63, 3.8) is 0 Å². The van der Waals surface area contributed by atoms with Crippen LogP contribution in [-0.2, 0) is 4.79 Å². The fraction of sp³-hybridized carbons (Fsp3) is 0.562. The molecule has 110 valence electrons. The first-order chi connectivity index (χ1) is 9.70. The van der Waals surface area contributed by atoms with E-state index in [1.807, 2.05) is 18.2 Å². The average molecular weight is 276 g/mol. The van der Waals surface area contributed by atoms with Crippen molar-refractivity contribution < 1.29 is 9.53 Å². The van der Waals surface area contributed by atoms with E-state index in [1.54, 1.807) is 7.11 Å². The zero-order chi connectivity index (χ0) is 14.4. The van der Waals surface area contributed by atoms with Crippen molar-refractivity contribution in [3.05, 3.63) is 29.8 Å². The predicted molar refractivity (Wildman–Crippen MR) is 79.8 cm³/mol. The minimum atomic E-state index is 0.180. The van der Waals surface area contributed by atoms with Crippen LogP contribution < -0.4 is 15.4 Å². The van der Waals surface area contributed by atoms with E-state index in [0.717, 1.165) is 37.1 Å². The molecule has 1 atom stereocenters. The summed E-state index contributed by atoms with van der Waals surface area (Å²) in [6, 6.07) is 8.70. The Morgan fingerprint density at radius 2 is 2.15 bits per heavy atom. The van der Waals surface area contributed by atoms with Gasteiger partial charge >= 0.3 is 0 Å². The Balaban J connectivity index is 1.68. The lowest BCUT2D eigenvalue weighted by Crippen LogP contribution is -2.27. The van der Waals surface area contributed by atoms with Gasteiger partial charge < -0.3 is 15.4 Å². The van der Waals surface area contributed by atoms with Crippen molar-refractivity contribution in [1.29, 1.82) is 0 Å². The van der Waals surface area contributed by atoms with E-state index in [4.69, 9.17) is 4.74 Å². The van der Waals surface area contributed by atoms with E-state index >= 15 is 0 Å². The summed E-state index contributed by atoms with van der Waals surface area (Å²) in [4.78, 5) is 11.5. The number of para-hydroxylation sites is 1. The zero-order valence-electron chi connectivity index (χ0n) is 12.3. The van der Waals surface area contributed by atoms with Gasteiger partial charge in [-0.2, -0.15) is 0 Å². The molecule has 0 aromatic heterocycles. The summed E-state index contributed by atoms with van der Waals surface area (Å²) in [5.74, 6) is 1.08. The molecule has 0 spiro atoms. The van der Waals surface area contributed by atoms with E-state index in [-0.39, 0.29) is 11.9 Å². The highest BCUT2D eigenvalue weighted by Crippen LogP contribution is 2.24. The van der Waals surface area contributed by atoms with E-state index in [9.17, 15) is 4.79 Å². The predicted octanol–water partition coefficient (Wildman–Crippen LogP) is 2.40. The summed E-state index contributed by atoms with van der Waals surface area (Å²) >= 11 is 0. The van der Waals surface area contributed by atoms with Gasteiger partial charge in [0.15, 0.2) is 0 Å². The molecule has 1 fully saturated rings. The Bertz CT molecular complexity index is 444. The third kappa shape index (κ3) is 4.53. The second-order valence-corrected chi connectivity index (χ2v) is 5.36. The highest BCUT2D eigenvalue weighted by molar-refractivity contribution is 5.76. The van der Waals surface area contributed by atoms with Gasteiger partial charge in [0.05, 0.1) is 7.11 Å². The molecule has 1 aromatic carbocycles. The number of benzene rings is 1. The van der Waals surface area contributed by atoms with Gasteiger partial charge in [-0.3, -0.25) is 4.79 Å². The SMILES string of the molecule is COc1ccccc1C(C)NCCCC(=O)NC1CC1. The maximum absolute atomic E-state index is 11.5. The second kappa shape index (κ2) is 7.29. The van der Waals surface area contributed by atoms with Gasteiger partial charge in [-0.05, 0) is 38.8 Å². The molecule has 1 unspecified atom stereocenters.